The van der Waals surface area contributed by atoms with Crippen molar-refractivity contribution in [3.63, 3.8) is 0 Å². The van der Waals surface area contributed by atoms with Gasteiger partial charge in [0, 0.05) is 32.4 Å². The van der Waals surface area contributed by atoms with E-state index < -0.39 is 0 Å². The smallest absolute Gasteiger partial charge is 0.254 e. The van der Waals surface area contributed by atoms with E-state index in [4.69, 9.17) is 4.74 Å². The summed E-state index contributed by atoms with van der Waals surface area (Å²) in [6, 6.07) is 0. The summed E-state index contributed by atoms with van der Waals surface area (Å²) >= 11 is 0. The fraction of sp³-hybridized carbons (Fsp3) is 0.615. The van der Waals surface area contributed by atoms with Crippen molar-refractivity contribution in [3.05, 3.63) is 23.3 Å². The average molecular weight is 264 g/mol. The number of carbonyl (C=O) groups excluding carboxylic acids is 1. The lowest BCUT2D eigenvalue weighted by Crippen LogP contribution is -2.41. The quantitative estimate of drug-likeness (QED) is 0.839. The second-order valence-corrected chi connectivity index (χ2v) is 4.63. The van der Waals surface area contributed by atoms with Crippen LogP contribution in [0.15, 0.2) is 6.20 Å². The summed E-state index contributed by atoms with van der Waals surface area (Å²) in [5.41, 5.74) is 1.27. The van der Waals surface area contributed by atoms with E-state index in [0.717, 1.165) is 38.5 Å². The lowest BCUT2D eigenvalue weighted by Gasteiger charge is -2.26. The predicted octanol–water partition coefficient (Wildman–Crippen LogP) is 0.155. The Kier molecular flexibility index (Phi) is 4.81. The number of hydrogen-bond donors (Lipinski definition) is 1. The minimum Gasteiger partial charge on any atom is -0.379 e. The van der Waals surface area contributed by atoms with Gasteiger partial charge in [-0.25, -0.2) is 9.97 Å². The fourth-order valence-corrected chi connectivity index (χ4v) is 2.05. The van der Waals surface area contributed by atoms with Gasteiger partial charge in [-0.15, -0.1) is 0 Å². The van der Waals surface area contributed by atoms with E-state index in [1.165, 1.54) is 0 Å². The maximum absolute atomic E-state index is 12.0. The van der Waals surface area contributed by atoms with Gasteiger partial charge >= 0.3 is 0 Å². The third-order valence-corrected chi connectivity index (χ3v) is 3.16. The van der Waals surface area contributed by atoms with Crippen LogP contribution in [0.4, 0.5) is 0 Å². The molecule has 0 atom stereocenters. The summed E-state index contributed by atoms with van der Waals surface area (Å²) in [6.07, 6.45) is 1.59. The van der Waals surface area contributed by atoms with Crippen LogP contribution < -0.4 is 5.32 Å². The van der Waals surface area contributed by atoms with Crippen LogP contribution in [0, 0.1) is 13.8 Å². The molecule has 19 heavy (non-hydrogen) atoms. The second kappa shape index (κ2) is 6.58. The van der Waals surface area contributed by atoms with Crippen molar-refractivity contribution < 1.29 is 9.53 Å². The van der Waals surface area contributed by atoms with E-state index in [1.807, 2.05) is 13.8 Å². The Morgan fingerprint density at radius 3 is 2.84 bits per heavy atom. The highest BCUT2D eigenvalue weighted by Crippen LogP contribution is 2.03. The number of rotatable bonds is 4. The van der Waals surface area contributed by atoms with Gasteiger partial charge in [-0.05, 0) is 13.8 Å². The van der Waals surface area contributed by atoms with Crippen molar-refractivity contribution >= 4 is 5.91 Å². The van der Waals surface area contributed by atoms with Crippen LogP contribution in [0.3, 0.4) is 0 Å². The molecule has 1 aromatic heterocycles. The first-order valence-corrected chi connectivity index (χ1v) is 6.55. The molecule has 1 fully saturated rings. The zero-order valence-electron chi connectivity index (χ0n) is 11.5. The summed E-state index contributed by atoms with van der Waals surface area (Å²) in [5.74, 6) is 0.577. The average Bonchev–Trinajstić information content (AvgIpc) is 2.39. The Balaban J connectivity index is 1.80. The molecule has 0 spiro atoms. The van der Waals surface area contributed by atoms with Gasteiger partial charge in [0.1, 0.15) is 5.82 Å². The molecule has 1 saturated heterocycles. The maximum Gasteiger partial charge on any atom is 0.254 e. The van der Waals surface area contributed by atoms with Crippen LogP contribution in [0.25, 0.3) is 0 Å². The lowest BCUT2D eigenvalue weighted by molar-refractivity contribution is 0.0383. The Morgan fingerprint density at radius 2 is 2.16 bits per heavy atom. The molecule has 0 bridgehead atoms. The number of nitrogens with zero attached hydrogens (tertiary/aromatic N) is 3. The van der Waals surface area contributed by atoms with Crippen LogP contribution >= 0.6 is 0 Å². The van der Waals surface area contributed by atoms with Crippen molar-refractivity contribution in [2.24, 2.45) is 0 Å². The Bertz CT molecular complexity index is 444. The van der Waals surface area contributed by atoms with Gasteiger partial charge in [0.2, 0.25) is 0 Å². The minimum atomic E-state index is -0.106. The zero-order valence-corrected chi connectivity index (χ0v) is 11.5. The highest BCUT2D eigenvalue weighted by molar-refractivity contribution is 5.94. The van der Waals surface area contributed by atoms with Gasteiger partial charge in [0.25, 0.3) is 5.91 Å². The number of hydrogen-bond acceptors (Lipinski definition) is 5. The van der Waals surface area contributed by atoms with Crippen molar-refractivity contribution in [2.45, 2.75) is 13.8 Å². The highest BCUT2D eigenvalue weighted by atomic mass is 16.5. The lowest BCUT2D eigenvalue weighted by atomic mass is 10.2. The third kappa shape index (κ3) is 3.97. The second-order valence-electron chi connectivity index (χ2n) is 4.63. The summed E-state index contributed by atoms with van der Waals surface area (Å²) < 4.78 is 5.28. The topological polar surface area (TPSA) is 67.4 Å². The van der Waals surface area contributed by atoms with E-state index in [-0.39, 0.29) is 5.91 Å². The van der Waals surface area contributed by atoms with Gasteiger partial charge in [-0.1, -0.05) is 0 Å². The Labute approximate surface area is 113 Å². The molecule has 1 aliphatic heterocycles. The van der Waals surface area contributed by atoms with Gasteiger partial charge in [0.15, 0.2) is 0 Å². The molecule has 104 valence electrons. The van der Waals surface area contributed by atoms with Crippen molar-refractivity contribution in [1.29, 1.82) is 0 Å². The Morgan fingerprint density at radius 1 is 1.42 bits per heavy atom. The molecule has 0 radical (unpaired) electrons. The highest BCUT2D eigenvalue weighted by Gasteiger charge is 2.12. The minimum absolute atomic E-state index is 0.106. The summed E-state index contributed by atoms with van der Waals surface area (Å²) in [4.78, 5) is 22.5. The first kappa shape index (κ1) is 13.9. The van der Waals surface area contributed by atoms with E-state index in [2.05, 4.69) is 20.2 Å². The third-order valence-electron chi connectivity index (χ3n) is 3.16. The molecule has 2 heterocycles. The number of aryl methyl sites for hydroxylation is 2. The standard InChI is InChI=1S/C13H20N4O2/c1-10-12(9-15-11(2)16-10)13(18)14-3-4-17-5-7-19-8-6-17/h9H,3-8H2,1-2H3,(H,14,18). The van der Waals surface area contributed by atoms with Crippen LogP contribution in [0.2, 0.25) is 0 Å². The number of ether oxygens (including phenoxy) is 1. The molecular weight excluding hydrogens is 244 g/mol. The molecule has 6 nitrogen and oxygen atoms in total. The number of morpholine rings is 1. The van der Waals surface area contributed by atoms with E-state index >= 15 is 0 Å². The molecule has 0 aromatic carbocycles. The molecule has 6 heteroatoms. The molecule has 1 N–H and O–H groups in total. The van der Waals surface area contributed by atoms with Crippen LogP contribution in [-0.4, -0.2) is 60.2 Å². The molecule has 0 aliphatic carbocycles. The molecule has 0 unspecified atom stereocenters. The normalized spacial score (nSPS) is 16.3. The largest absolute Gasteiger partial charge is 0.379 e. The van der Waals surface area contributed by atoms with Gasteiger partial charge < -0.3 is 10.1 Å². The molecule has 1 aliphatic rings. The van der Waals surface area contributed by atoms with E-state index in [0.29, 0.717) is 17.9 Å². The predicted molar refractivity (Wildman–Crippen MR) is 71.1 cm³/mol. The monoisotopic (exact) mass is 264 g/mol. The fourth-order valence-electron chi connectivity index (χ4n) is 2.05. The van der Waals surface area contributed by atoms with Crippen molar-refractivity contribution in [3.8, 4) is 0 Å². The van der Waals surface area contributed by atoms with Crippen LogP contribution in [0.5, 0.6) is 0 Å². The summed E-state index contributed by atoms with van der Waals surface area (Å²) in [6.45, 7) is 8.54. The van der Waals surface area contributed by atoms with E-state index in [1.54, 1.807) is 6.20 Å². The SMILES string of the molecule is Cc1ncc(C(=O)NCCN2CCOCC2)c(C)n1. The maximum atomic E-state index is 12.0. The first-order chi connectivity index (χ1) is 9.16. The number of carbonyl (C=O) groups is 1. The Hall–Kier alpha value is -1.53. The van der Waals surface area contributed by atoms with Gasteiger partial charge in [0.05, 0.1) is 24.5 Å². The van der Waals surface area contributed by atoms with Gasteiger partial charge in [-0.2, -0.15) is 0 Å². The molecule has 0 saturated carbocycles. The summed E-state index contributed by atoms with van der Waals surface area (Å²) in [7, 11) is 0. The first-order valence-electron chi connectivity index (χ1n) is 6.55. The molecule has 2 rings (SSSR count). The van der Waals surface area contributed by atoms with Crippen molar-refractivity contribution in [1.82, 2.24) is 20.2 Å². The van der Waals surface area contributed by atoms with Crippen LogP contribution in [-0.2, 0) is 4.74 Å². The van der Waals surface area contributed by atoms with Crippen molar-refractivity contribution in [2.75, 3.05) is 39.4 Å². The molecule has 1 aromatic rings. The van der Waals surface area contributed by atoms with E-state index in [9.17, 15) is 4.79 Å². The number of aromatic nitrogens is 2. The van der Waals surface area contributed by atoms with Crippen LogP contribution in [0.1, 0.15) is 21.9 Å². The molecule has 1 amide bonds. The number of amides is 1. The zero-order chi connectivity index (χ0) is 13.7. The molecular formula is C13H20N4O2. The summed E-state index contributed by atoms with van der Waals surface area (Å²) in [5, 5.41) is 2.91. The van der Waals surface area contributed by atoms with Gasteiger partial charge in [-0.3, -0.25) is 9.69 Å². The number of nitrogens with one attached hydrogen (secondary N) is 1.